The maximum atomic E-state index is 5.77. The zero-order valence-corrected chi connectivity index (χ0v) is 20.1. The number of nitrogens with two attached hydrogens (primary N) is 1. The average molecular weight is 460 g/mol. The normalized spacial score (nSPS) is 25.3. The van der Waals surface area contributed by atoms with Gasteiger partial charge in [-0.05, 0) is 68.3 Å². The monoisotopic (exact) mass is 459 g/mol. The summed E-state index contributed by atoms with van der Waals surface area (Å²) < 4.78 is 2.33. The second-order valence-electron chi connectivity index (χ2n) is 10.2. The van der Waals surface area contributed by atoms with E-state index in [9.17, 15) is 0 Å². The second kappa shape index (κ2) is 9.64. The fourth-order valence-electron chi connectivity index (χ4n) is 6.44. The Bertz CT molecular complexity index is 1060. The third-order valence-electron chi connectivity index (χ3n) is 8.09. The minimum absolute atomic E-state index is 0.432. The zero-order chi connectivity index (χ0) is 22.9. The summed E-state index contributed by atoms with van der Waals surface area (Å²) in [6.07, 6.45) is 17.0. The van der Waals surface area contributed by atoms with Crippen molar-refractivity contribution in [1.29, 1.82) is 0 Å². The molecule has 0 aromatic carbocycles. The van der Waals surface area contributed by atoms with E-state index >= 15 is 0 Å². The lowest BCUT2D eigenvalue weighted by atomic mass is 9.77. The molecule has 5 heterocycles. The van der Waals surface area contributed by atoms with Crippen LogP contribution in [0.25, 0.3) is 11.9 Å². The van der Waals surface area contributed by atoms with Crippen LogP contribution in [0.1, 0.15) is 54.5 Å². The topological polar surface area (TPSA) is 66.5 Å². The molecule has 6 rings (SSSR count). The smallest absolute Gasteiger partial charge is 0.138 e. The van der Waals surface area contributed by atoms with Crippen LogP contribution in [-0.4, -0.2) is 75.0 Å². The van der Waals surface area contributed by atoms with E-state index < -0.39 is 0 Å². The third kappa shape index (κ3) is 4.21. The van der Waals surface area contributed by atoms with Crippen LogP contribution in [0.3, 0.4) is 0 Å². The van der Waals surface area contributed by atoms with Crippen LogP contribution in [0, 0.1) is 5.92 Å². The van der Waals surface area contributed by atoms with Gasteiger partial charge < -0.3 is 10.6 Å². The fourth-order valence-corrected chi connectivity index (χ4v) is 6.44. The Morgan fingerprint density at radius 1 is 1.09 bits per heavy atom. The molecule has 2 atom stereocenters. The van der Waals surface area contributed by atoms with Crippen LogP contribution in [-0.2, 0) is 13.0 Å². The number of nitrogens with zero attached hydrogens (tertiary/aromatic N) is 6. The van der Waals surface area contributed by atoms with Gasteiger partial charge in [0, 0.05) is 58.2 Å². The molecule has 0 radical (unpaired) electrons. The minimum Gasteiger partial charge on any atom is -0.355 e. The second-order valence-corrected chi connectivity index (χ2v) is 10.2. The van der Waals surface area contributed by atoms with Gasteiger partial charge in [-0.15, -0.1) is 0 Å². The molecule has 2 fully saturated rings. The first kappa shape index (κ1) is 22.0. The predicted octanol–water partition coefficient (Wildman–Crippen LogP) is 2.97. The van der Waals surface area contributed by atoms with E-state index in [2.05, 4.69) is 55.8 Å². The molecule has 2 saturated heterocycles. The summed E-state index contributed by atoms with van der Waals surface area (Å²) in [5.41, 5.74) is 9.69. The Balaban J connectivity index is 1.23. The number of piperazine rings is 1. The van der Waals surface area contributed by atoms with Crippen LogP contribution >= 0.6 is 0 Å². The molecule has 2 unspecified atom stereocenters. The maximum absolute atomic E-state index is 5.77. The Labute approximate surface area is 202 Å². The molecule has 0 bridgehead atoms. The van der Waals surface area contributed by atoms with Crippen LogP contribution in [0.5, 0.6) is 0 Å². The van der Waals surface area contributed by atoms with Gasteiger partial charge in [-0.25, -0.2) is 4.98 Å². The summed E-state index contributed by atoms with van der Waals surface area (Å²) in [6.45, 7) is 7.97. The molecule has 34 heavy (non-hydrogen) atoms. The number of allylic oxidation sites excluding steroid dienone is 2. The van der Waals surface area contributed by atoms with Crippen LogP contribution in [0.4, 0.5) is 0 Å². The first-order valence-corrected chi connectivity index (χ1v) is 13.1. The highest BCUT2D eigenvalue weighted by atomic mass is 15.3. The molecule has 2 aromatic heterocycles. The van der Waals surface area contributed by atoms with Gasteiger partial charge in [0.1, 0.15) is 11.6 Å². The summed E-state index contributed by atoms with van der Waals surface area (Å²) in [5.74, 6) is 3.06. The largest absolute Gasteiger partial charge is 0.355 e. The van der Waals surface area contributed by atoms with Gasteiger partial charge in [-0.3, -0.25) is 19.4 Å². The summed E-state index contributed by atoms with van der Waals surface area (Å²) in [5, 5.41) is 0. The fraction of sp³-hybridized carbons (Fsp3) is 0.556. The van der Waals surface area contributed by atoms with Crippen molar-refractivity contribution < 1.29 is 0 Å². The number of imidazole rings is 1. The molecule has 0 amide bonds. The highest BCUT2D eigenvalue weighted by Gasteiger charge is 2.37. The number of rotatable bonds is 5. The molecule has 2 N–H and O–H groups in total. The number of hydrogen-bond acceptors (Lipinski definition) is 6. The Morgan fingerprint density at radius 3 is 2.88 bits per heavy atom. The maximum Gasteiger partial charge on any atom is 0.138 e. The average Bonchev–Trinajstić information content (AvgIpc) is 3.16. The van der Waals surface area contributed by atoms with Crippen molar-refractivity contribution in [3.05, 3.63) is 59.5 Å². The first-order chi connectivity index (χ1) is 16.8. The van der Waals surface area contributed by atoms with E-state index in [1.165, 1.54) is 42.8 Å². The molecule has 3 aliphatic heterocycles. The Kier molecular flexibility index (Phi) is 6.24. The quantitative estimate of drug-likeness (QED) is 0.742. The van der Waals surface area contributed by atoms with Gasteiger partial charge >= 0.3 is 0 Å². The number of aromatic nitrogens is 3. The predicted molar refractivity (Wildman–Crippen MR) is 136 cm³/mol. The van der Waals surface area contributed by atoms with Crippen molar-refractivity contribution in [2.45, 2.75) is 44.7 Å². The van der Waals surface area contributed by atoms with Crippen molar-refractivity contribution in [3.63, 3.8) is 0 Å². The lowest BCUT2D eigenvalue weighted by Crippen LogP contribution is -2.47. The van der Waals surface area contributed by atoms with Crippen molar-refractivity contribution in [3.8, 4) is 0 Å². The van der Waals surface area contributed by atoms with E-state index in [0.29, 0.717) is 6.04 Å². The van der Waals surface area contributed by atoms with Crippen LogP contribution in [0.2, 0.25) is 0 Å². The molecule has 180 valence electrons. The number of aryl methyl sites for hydroxylation is 1. The van der Waals surface area contributed by atoms with E-state index in [1.807, 2.05) is 6.20 Å². The molecule has 7 nitrogen and oxygen atoms in total. The van der Waals surface area contributed by atoms with E-state index in [0.717, 1.165) is 76.2 Å². The van der Waals surface area contributed by atoms with Gasteiger partial charge in [-0.1, -0.05) is 12.1 Å². The number of piperidine rings is 1. The molecule has 0 spiro atoms. The Hall–Kier alpha value is -2.48. The first-order valence-electron chi connectivity index (χ1n) is 13.1. The third-order valence-corrected chi connectivity index (χ3v) is 8.09. The van der Waals surface area contributed by atoms with Gasteiger partial charge in [0.2, 0.25) is 0 Å². The molecule has 2 aromatic rings. The molecule has 4 aliphatic rings. The number of fused-ring (bicyclic) bond motifs is 4. The SMILES string of the molecule is NCCN1CCN(C2=CCC=Cc3nc(CN4CCCC5CCc6cccnc6C54)cn32)CC1. The van der Waals surface area contributed by atoms with Crippen molar-refractivity contribution in [1.82, 2.24) is 29.2 Å². The van der Waals surface area contributed by atoms with Crippen LogP contribution in [0.15, 0.2) is 36.7 Å². The van der Waals surface area contributed by atoms with Gasteiger partial charge in [0.05, 0.1) is 17.4 Å². The van der Waals surface area contributed by atoms with Gasteiger partial charge in [0.15, 0.2) is 0 Å². The summed E-state index contributed by atoms with van der Waals surface area (Å²) in [4.78, 5) is 17.6. The molecule has 0 saturated carbocycles. The molecule has 1 aliphatic carbocycles. The van der Waals surface area contributed by atoms with E-state index in [4.69, 9.17) is 15.7 Å². The van der Waals surface area contributed by atoms with Crippen molar-refractivity contribution in [2.24, 2.45) is 11.7 Å². The highest BCUT2D eigenvalue weighted by Crippen LogP contribution is 2.43. The Morgan fingerprint density at radius 2 is 2.00 bits per heavy atom. The summed E-state index contributed by atoms with van der Waals surface area (Å²) in [6, 6.07) is 4.80. The lowest BCUT2D eigenvalue weighted by Gasteiger charge is -2.44. The summed E-state index contributed by atoms with van der Waals surface area (Å²) in [7, 11) is 0. The van der Waals surface area contributed by atoms with Crippen LogP contribution < -0.4 is 5.73 Å². The number of pyridine rings is 1. The lowest BCUT2D eigenvalue weighted by molar-refractivity contribution is 0.0686. The number of hydrogen-bond donors (Lipinski definition) is 1. The molecular weight excluding hydrogens is 422 g/mol. The molecule has 7 heteroatoms. The van der Waals surface area contributed by atoms with E-state index in [1.54, 1.807) is 0 Å². The standard InChI is InChI=1S/C27H37N7/c28-11-14-31-15-17-32(18-16-31)25-8-2-1-7-24-30-23(20-34(24)25)19-33-13-4-6-22-10-9-21-5-3-12-29-26(21)27(22)33/h1,3,5,7-8,12,20,22,27H,2,4,6,9-11,13-19,28H2. The summed E-state index contributed by atoms with van der Waals surface area (Å²) >= 11 is 0. The number of likely N-dealkylation sites (tertiary alicyclic amines) is 1. The van der Waals surface area contributed by atoms with Gasteiger partial charge in [-0.2, -0.15) is 0 Å². The van der Waals surface area contributed by atoms with Crippen molar-refractivity contribution >= 4 is 11.9 Å². The highest BCUT2D eigenvalue weighted by molar-refractivity contribution is 5.56. The minimum atomic E-state index is 0.432. The van der Waals surface area contributed by atoms with Crippen molar-refractivity contribution in [2.75, 3.05) is 45.8 Å². The molecular formula is C27H37N7. The zero-order valence-electron chi connectivity index (χ0n) is 20.1. The van der Waals surface area contributed by atoms with E-state index in [-0.39, 0.29) is 0 Å². The van der Waals surface area contributed by atoms with Gasteiger partial charge in [0.25, 0.3) is 0 Å².